The summed E-state index contributed by atoms with van der Waals surface area (Å²) in [5.74, 6) is 0.195. The molecule has 0 aromatic heterocycles. The number of sulfonamides is 1. The minimum absolute atomic E-state index is 0.0231. The molecule has 0 saturated heterocycles. The molecule has 0 fully saturated rings. The van der Waals surface area contributed by atoms with Crippen molar-refractivity contribution in [1.82, 2.24) is 0 Å². The van der Waals surface area contributed by atoms with Crippen molar-refractivity contribution in [1.29, 1.82) is 0 Å². The summed E-state index contributed by atoms with van der Waals surface area (Å²) >= 11 is 0. The molecule has 0 atom stereocenters. The summed E-state index contributed by atoms with van der Waals surface area (Å²) < 4.78 is 31.1. The Bertz CT molecular complexity index is 919. The molecule has 7 heteroatoms. The highest BCUT2D eigenvalue weighted by atomic mass is 32.2. The van der Waals surface area contributed by atoms with Crippen LogP contribution in [0.25, 0.3) is 0 Å². The van der Waals surface area contributed by atoms with Crippen LogP contribution in [0.15, 0.2) is 36.4 Å². The van der Waals surface area contributed by atoms with Crippen LogP contribution in [-0.2, 0) is 14.8 Å². The maximum atomic E-state index is 12.4. The number of amides is 1. The van der Waals surface area contributed by atoms with Gasteiger partial charge in [-0.15, -0.1) is 0 Å². The van der Waals surface area contributed by atoms with Gasteiger partial charge >= 0.3 is 0 Å². The molecule has 146 valence electrons. The molecule has 2 aromatic rings. The van der Waals surface area contributed by atoms with E-state index >= 15 is 0 Å². The van der Waals surface area contributed by atoms with Gasteiger partial charge in [-0.2, -0.15) is 0 Å². The van der Waals surface area contributed by atoms with Crippen molar-refractivity contribution in [2.75, 3.05) is 29.5 Å². The number of nitrogens with zero attached hydrogens (tertiary/aromatic N) is 1. The predicted octanol–water partition coefficient (Wildman–Crippen LogP) is 3.42. The molecule has 2 rings (SSSR count). The Morgan fingerprint density at radius 2 is 1.67 bits per heavy atom. The quantitative estimate of drug-likeness (QED) is 0.786. The summed E-state index contributed by atoms with van der Waals surface area (Å²) in [7, 11) is -2.09. The Morgan fingerprint density at radius 3 is 2.22 bits per heavy atom. The van der Waals surface area contributed by atoms with Crippen LogP contribution in [0.5, 0.6) is 5.75 Å². The van der Waals surface area contributed by atoms with Crippen molar-refractivity contribution in [2.45, 2.75) is 27.2 Å². The first kappa shape index (κ1) is 20.8. The van der Waals surface area contributed by atoms with Crippen LogP contribution in [0.4, 0.5) is 11.4 Å². The van der Waals surface area contributed by atoms with E-state index in [-0.39, 0.29) is 18.9 Å². The molecule has 0 heterocycles. The maximum Gasteiger partial charge on any atom is 0.232 e. The van der Waals surface area contributed by atoms with Crippen molar-refractivity contribution < 1.29 is 17.9 Å². The second-order valence-electron chi connectivity index (χ2n) is 6.68. The summed E-state index contributed by atoms with van der Waals surface area (Å²) in [6.45, 7) is 5.81. The lowest BCUT2D eigenvalue weighted by Crippen LogP contribution is -2.33. The minimum Gasteiger partial charge on any atom is -0.495 e. The first-order valence-electron chi connectivity index (χ1n) is 8.60. The zero-order valence-electron chi connectivity index (χ0n) is 16.4. The fourth-order valence-corrected chi connectivity index (χ4v) is 3.86. The number of hydrogen-bond acceptors (Lipinski definition) is 4. The lowest BCUT2D eigenvalue weighted by molar-refractivity contribution is -0.116. The highest BCUT2D eigenvalue weighted by Crippen LogP contribution is 2.31. The number of carbonyl (C=O) groups is 1. The molecule has 27 heavy (non-hydrogen) atoms. The standard InChI is InChI=1S/C20H26N2O4S/c1-14-6-7-19(26-4)18(13-14)22(27(5,24)25)9-8-20(23)21-17-11-15(2)10-16(3)12-17/h6-7,10-13H,8-9H2,1-5H3,(H,21,23). The molecular weight excluding hydrogens is 364 g/mol. The van der Waals surface area contributed by atoms with Gasteiger partial charge in [0.25, 0.3) is 0 Å². The first-order chi connectivity index (χ1) is 12.6. The fraction of sp³-hybridized carbons (Fsp3) is 0.350. The average molecular weight is 391 g/mol. The molecule has 6 nitrogen and oxygen atoms in total. The Morgan fingerprint density at radius 1 is 1.04 bits per heavy atom. The van der Waals surface area contributed by atoms with E-state index in [9.17, 15) is 13.2 Å². The van der Waals surface area contributed by atoms with Crippen LogP contribution in [-0.4, -0.2) is 34.2 Å². The normalized spacial score (nSPS) is 11.1. The number of aryl methyl sites for hydroxylation is 3. The SMILES string of the molecule is COc1ccc(C)cc1N(CCC(=O)Nc1cc(C)cc(C)c1)S(C)(=O)=O. The van der Waals surface area contributed by atoms with E-state index in [1.807, 2.05) is 45.0 Å². The van der Waals surface area contributed by atoms with Gasteiger partial charge in [-0.05, 0) is 61.7 Å². The van der Waals surface area contributed by atoms with Crippen LogP contribution in [0, 0.1) is 20.8 Å². The van der Waals surface area contributed by atoms with Gasteiger partial charge in [0.05, 0.1) is 19.1 Å². The summed E-state index contributed by atoms with van der Waals surface area (Å²) in [6, 6.07) is 11.1. The van der Waals surface area contributed by atoms with Crippen LogP contribution >= 0.6 is 0 Å². The molecule has 0 aliphatic rings. The number of ether oxygens (including phenoxy) is 1. The summed E-state index contributed by atoms with van der Waals surface area (Å²) in [6.07, 6.45) is 1.15. The topological polar surface area (TPSA) is 75.7 Å². The van der Waals surface area contributed by atoms with Gasteiger partial charge < -0.3 is 10.1 Å². The molecule has 0 aliphatic carbocycles. The van der Waals surface area contributed by atoms with Gasteiger partial charge in [0, 0.05) is 18.7 Å². The van der Waals surface area contributed by atoms with Gasteiger partial charge in [-0.1, -0.05) is 12.1 Å². The highest BCUT2D eigenvalue weighted by molar-refractivity contribution is 7.92. The molecule has 2 aromatic carbocycles. The zero-order valence-corrected chi connectivity index (χ0v) is 17.2. The highest BCUT2D eigenvalue weighted by Gasteiger charge is 2.22. The Balaban J connectivity index is 2.18. The molecule has 0 radical (unpaired) electrons. The third-order valence-corrected chi connectivity index (χ3v) is 5.23. The van der Waals surface area contributed by atoms with Crippen LogP contribution in [0.2, 0.25) is 0 Å². The number of hydrogen-bond donors (Lipinski definition) is 1. The third kappa shape index (κ3) is 5.72. The zero-order chi connectivity index (χ0) is 20.2. The monoisotopic (exact) mass is 390 g/mol. The van der Waals surface area contributed by atoms with Gasteiger partial charge in [0.2, 0.25) is 15.9 Å². The Hall–Kier alpha value is -2.54. The van der Waals surface area contributed by atoms with Crippen molar-refractivity contribution in [3.63, 3.8) is 0 Å². The number of benzene rings is 2. The van der Waals surface area contributed by atoms with Gasteiger partial charge in [0.15, 0.2) is 0 Å². The number of rotatable bonds is 7. The van der Waals surface area contributed by atoms with E-state index in [1.165, 1.54) is 11.4 Å². The predicted molar refractivity (Wildman–Crippen MR) is 109 cm³/mol. The molecule has 1 N–H and O–H groups in total. The summed E-state index contributed by atoms with van der Waals surface area (Å²) in [4.78, 5) is 12.4. The number of carbonyl (C=O) groups excluding carboxylic acids is 1. The van der Waals surface area contributed by atoms with Crippen molar-refractivity contribution in [2.24, 2.45) is 0 Å². The smallest absolute Gasteiger partial charge is 0.232 e. The van der Waals surface area contributed by atoms with E-state index < -0.39 is 10.0 Å². The summed E-state index contributed by atoms with van der Waals surface area (Å²) in [5.41, 5.74) is 4.13. The molecule has 1 amide bonds. The van der Waals surface area contributed by atoms with Crippen LogP contribution in [0.1, 0.15) is 23.1 Å². The largest absolute Gasteiger partial charge is 0.495 e. The molecule has 0 unspecified atom stereocenters. The number of anilines is 2. The fourth-order valence-electron chi connectivity index (χ4n) is 2.93. The van der Waals surface area contributed by atoms with Gasteiger partial charge in [-0.25, -0.2) is 8.42 Å². The van der Waals surface area contributed by atoms with Crippen LogP contribution in [0.3, 0.4) is 0 Å². The second-order valence-corrected chi connectivity index (χ2v) is 8.59. The Kier molecular flexibility index (Phi) is 6.49. The molecule has 0 saturated carbocycles. The summed E-state index contributed by atoms with van der Waals surface area (Å²) in [5, 5.41) is 2.83. The van der Waals surface area contributed by atoms with Crippen molar-refractivity contribution in [3.05, 3.63) is 53.1 Å². The maximum absolute atomic E-state index is 12.4. The lowest BCUT2D eigenvalue weighted by Gasteiger charge is -2.24. The molecular formula is C20H26N2O4S. The van der Waals surface area contributed by atoms with Crippen LogP contribution < -0.4 is 14.4 Å². The Labute approximate surface area is 161 Å². The number of nitrogens with one attached hydrogen (secondary N) is 1. The van der Waals surface area contributed by atoms with Gasteiger partial charge in [-0.3, -0.25) is 9.10 Å². The molecule has 0 aliphatic heterocycles. The van der Waals surface area contributed by atoms with E-state index in [2.05, 4.69) is 5.32 Å². The third-order valence-electron chi connectivity index (χ3n) is 4.05. The number of methoxy groups -OCH3 is 1. The van der Waals surface area contributed by atoms with E-state index in [0.717, 1.165) is 22.9 Å². The van der Waals surface area contributed by atoms with Gasteiger partial charge in [0.1, 0.15) is 5.75 Å². The van der Waals surface area contributed by atoms with E-state index in [0.29, 0.717) is 17.1 Å². The molecule has 0 bridgehead atoms. The lowest BCUT2D eigenvalue weighted by atomic mass is 10.1. The van der Waals surface area contributed by atoms with Crippen molar-refractivity contribution in [3.8, 4) is 5.75 Å². The van der Waals surface area contributed by atoms with E-state index in [1.54, 1.807) is 12.1 Å². The first-order valence-corrected chi connectivity index (χ1v) is 10.5. The van der Waals surface area contributed by atoms with E-state index in [4.69, 9.17) is 4.74 Å². The van der Waals surface area contributed by atoms with Crippen molar-refractivity contribution >= 4 is 27.3 Å². The molecule has 0 spiro atoms. The minimum atomic E-state index is -3.58. The average Bonchev–Trinajstić information content (AvgIpc) is 2.53. The second kappa shape index (κ2) is 8.43.